The highest BCUT2D eigenvalue weighted by Crippen LogP contribution is 2.26. The number of rotatable bonds is 1. The van der Waals surface area contributed by atoms with Crippen molar-refractivity contribution < 1.29 is 6.85 Å². The predicted molar refractivity (Wildman–Crippen MR) is 53.0 cm³/mol. The Morgan fingerprint density at radius 1 is 1.42 bits per heavy atom. The van der Waals surface area contributed by atoms with Crippen LogP contribution in [0.4, 0.5) is 0 Å². The lowest BCUT2D eigenvalue weighted by Crippen LogP contribution is -1.75. The molecule has 0 fully saturated rings. The lowest BCUT2D eigenvalue weighted by atomic mass is 10.3. The monoisotopic (exact) mass is 245 g/mol. The molecule has 0 atom stereocenters. The molecule has 0 N–H and O–H groups in total. The van der Waals surface area contributed by atoms with Gasteiger partial charge in [-0.2, -0.15) is 0 Å². The topological polar surface area (TPSA) is 25.8 Å². The molecule has 0 aliphatic carbocycles. The van der Waals surface area contributed by atoms with Gasteiger partial charge in [-0.05, 0) is 28.0 Å². The van der Waals surface area contributed by atoms with Gasteiger partial charge in [-0.15, -0.1) is 11.3 Å². The van der Waals surface area contributed by atoms with Gasteiger partial charge in [0.25, 0.3) is 0 Å². The van der Waals surface area contributed by atoms with Gasteiger partial charge in [0.1, 0.15) is 0 Å². The molecule has 2 rings (SSSR count). The molecule has 0 radical (unpaired) electrons. The molecule has 0 bridgehead atoms. The highest BCUT2D eigenvalue weighted by Gasteiger charge is 2.01. The summed E-state index contributed by atoms with van der Waals surface area (Å²) in [6.07, 6.45) is -0.427. The summed E-state index contributed by atoms with van der Waals surface area (Å²) in [7, 11) is 0. The van der Waals surface area contributed by atoms with Crippen molar-refractivity contribution >= 4 is 27.3 Å². The Morgan fingerprint density at radius 2 is 2.33 bits per heavy atom. The molecule has 0 aromatic carbocycles. The Labute approximate surface area is 89.5 Å². The van der Waals surface area contributed by atoms with E-state index >= 15 is 0 Å². The lowest BCUT2D eigenvalue weighted by Gasteiger charge is -1.91. The summed E-state index contributed by atoms with van der Waals surface area (Å²) in [5.41, 5.74) is 0.0594. The van der Waals surface area contributed by atoms with Crippen molar-refractivity contribution in [1.82, 2.24) is 9.97 Å². The maximum absolute atomic E-state index is 7.70. The van der Waals surface area contributed by atoms with Gasteiger partial charge in [0.05, 0.1) is 17.4 Å². The number of aromatic nitrogens is 2. The number of hydrogen-bond donors (Lipinski definition) is 0. The van der Waals surface area contributed by atoms with Crippen LogP contribution in [0.1, 0.15) is 6.85 Å². The highest BCUT2D eigenvalue weighted by atomic mass is 79.9. The van der Waals surface area contributed by atoms with Gasteiger partial charge in [0, 0.05) is 12.3 Å². The molecule has 0 spiro atoms. The second kappa shape index (κ2) is 3.33. The molecular weight excluding hydrogens is 236 g/mol. The van der Waals surface area contributed by atoms with E-state index in [9.17, 15) is 0 Å². The average molecular weight is 246 g/mol. The third-order valence-corrected chi connectivity index (χ3v) is 2.53. The SMILES string of the molecule is [2H]c1nc(Br)sc1-c1nc([2H])c([2H])c([2H])c1[2H]. The molecule has 2 aromatic heterocycles. The predicted octanol–water partition coefficient (Wildman–Crippen LogP) is 2.97. The summed E-state index contributed by atoms with van der Waals surface area (Å²) in [6, 6.07) is -0.992. The minimum Gasteiger partial charge on any atom is -0.255 e. The van der Waals surface area contributed by atoms with Gasteiger partial charge in [-0.3, -0.25) is 4.98 Å². The number of nitrogens with zero attached hydrogens (tertiary/aromatic N) is 2. The van der Waals surface area contributed by atoms with Crippen LogP contribution >= 0.6 is 27.3 Å². The fourth-order valence-electron chi connectivity index (χ4n) is 0.664. The normalized spacial score (nSPS) is 15.9. The zero-order valence-corrected chi connectivity index (χ0v) is 8.08. The molecule has 0 aliphatic heterocycles. The van der Waals surface area contributed by atoms with Crippen molar-refractivity contribution in [3.63, 3.8) is 0 Å². The van der Waals surface area contributed by atoms with E-state index < -0.39 is 0 Å². The summed E-state index contributed by atoms with van der Waals surface area (Å²) < 4.78 is 38.1. The van der Waals surface area contributed by atoms with Crippen molar-refractivity contribution in [2.45, 2.75) is 0 Å². The van der Waals surface area contributed by atoms with Crippen LogP contribution in [0.2, 0.25) is 0 Å². The standard InChI is InChI=1S/C8H5BrN2S/c9-8-11-5-7(12-8)6-3-1-2-4-10-6/h1-5H/i1D,2D,3D,4D,5D. The second-order valence-electron chi connectivity index (χ2n) is 1.85. The Kier molecular flexibility index (Phi) is 1.10. The fraction of sp³-hybridized carbons (Fsp3) is 0. The van der Waals surface area contributed by atoms with Crippen LogP contribution in [0.15, 0.2) is 34.4 Å². The summed E-state index contributed by atoms with van der Waals surface area (Å²) in [5.74, 6) is 0. The Morgan fingerprint density at radius 3 is 3.08 bits per heavy atom. The quantitative estimate of drug-likeness (QED) is 0.773. The molecule has 60 valence electrons. The van der Waals surface area contributed by atoms with Crippen LogP contribution < -0.4 is 0 Å². The Balaban J connectivity index is 2.72. The third kappa shape index (κ3) is 1.54. The Hall–Kier alpha value is -0.740. The first kappa shape index (κ1) is 3.98. The molecular formula is C8H5BrN2S. The fourth-order valence-corrected chi connectivity index (χ4v) is 1.78. The van der Waals surface area contributed by atoms with E-state index in [0.29, 0.717) is 8.79 Å². The number of thiazole rings is 1. The first-order valence-electron chi connectivity index (χ1n) is 5.49. The van der Waals surface area contributed by atoms with Crippen LogP contribution in [-0.2, 0) is 0 Å². The van der Waals surface area contributed by atoms with E-state index in [1.807, 2.05) is 0 Å². The van der Waals surface area contributed by atoms with Gasteiger partial charge in [0.2, 0.25) is 0 Å². The molecule has 0 saturated heterocycles. The molecule has 0 saturated carbocycles. The maximum Gasteiger partial charge on any atom is 0.159 e. The van der Waals surface area contributed by atoms with E-state index in [-0.39, 0.29) is 36.2 Å². The smallest absolute Gasteiger partial charge is 0.159 e. The van der Waals surface area contributed by atoms with Crippen LogP contribution in [0, 0.1) is 0 Å². The maximum atomic E-state index is 7.70. The van der Waals surface area contributed by atoms with E-state index in [1.165, 1.54) is 0 Å². The first-order valence-corrected chi connectivity index (χ1v) is 4.60. The molecule has 2 nitrogen and oxygen atoms in total. The van der Waals surface area contributed by atoms with Crippen LogP contribution in [-0.4, -0.2) is 9.97 Å². The van der Waals surface area contributed by atoms with Crippen molar-refractivity contribution in [1.29, 1.82) is 0 Å². The van der Waals surface area contributed by atoms with Crippen molar-refractivity contribution in [2.24, 2.45) is 0 Å². The molecule has 0 amide bonds. The number of hydrogen-bond acceptors (Lipinski definition) is 3. The molecule has 2 aromatic rings. The second-order valence-corrected chi connectivity index (χ2v) is 4.13. The number of pyridine rings is 1. The summed E-state index contributed by atoms with van der Waals surface area (Å²) >= 11 is 4.24. The van der Waals surface area contributed by atoms with Crippen molar-refractivity contribution in [3.8, 4) is 10.6 Å². The first-order chi connectivity index (χ1) is 7.91. The molecule has 4 heteroatoms. The van der Waals surface area contributed by atoms with E-state index in [4.69, 9.17) is 6.85 Å². The van der Waals surface area contributed by atoms with Gasteiger partial charge in [0.15, 0.2) is 3.92 Å². The van der Waals surface area contributed by atoms with Crippen LogP contribution in [0.5, 0.6) is 0 Å². The summed E-state index contributed by atoms with van der Waals surface area (Å²) in [4.78, 5) is 7.92. The molecule has 12 heavy (non-hydrogen) atoms. The largest absolute Gasteiger partial charge is 0.255 e. The van der Waals surface area contributed by atoms with E-state index in [2.05, 4.69) is 25.9 Å². The lowest BCUT2D eigenvalue weighted by molar-refractivity contribution is 1.32. The van der Waals surface area contributed by atoms with E-state index in [0.717, 1.165) is 11.3 Å². The minimum atomic E-state index is -0.381. The number of halogens is 1. The third-order valence-electron chi connectivity index (χ3n) is 1.11. The molecule has 2 heterocycles. The van der Waals surface area contributed by atoms with Crippen LogP contribution in [0.3, 0.4) is 0 Å². The average Bonchev–Trinajstić information content (AvgIpc) is 2.60. The van der Waals surface area contributed by atoms with Gasteiger partial charge in [-0.1, -0.05) is 6.04 Å². The highest BCUT2D eigenvalue weighted by molar-refractivity contribution is 9.11. The minimum absolute atomic E-state index is 0.0561. The van der Waals surface area contributed by atoms with Crippen molar-refractivity contribution in [3.05, 3.63) is 34.4 Å². The zero-order chi connectivity index (χ0) is 12.7. The molecule has 0 aliphatic rings. The van der Waals surface area contributed by atoms with Crippen LogP contribution in [0.25, 0.3) is 10.6 Å². The van der Waals surface area contributed by atoms with E-state index in [1.54, 1.807) is 0 Å². The van der Waals surface area contributed by atoms with Gasteiger partial charge in [-0.25, -0.2) is 4.98 Å². The Bertz CT molecular complexity index is 600. The van der Waals surface area contributed by atoms with Gasteiger partial charge >= 0.3 is 0 Å². The van der Waals surface area contributed by atoms with Gasteiger partial charge < -0.3 is 0 Å². The van der Waals surface area contributed by atoms with Crippen molar-refractivity contribution in [2.75, 3.05) is 0 Å². The summed E-state index contributed by atoms with van der Waals surface area (Å²) in [5, 5.41) is 0. The summed E-state index contributed by atoms with van der Waals surface area (Å²) in [6.45, 7) is 0. The zero-order valence-electron chi connectivity index (χ0n) is 10.7. The molecule has 0 unspecified atom stereocenters.